The first kappa shape index (κ1) is 69.0. The number of alkyl halides is 3. The van der Waals surface area contributed by atoms with E-state index >= 15 is 0 Å². The minimum Gasteiger partial charge on any atom is -0.396 e. The van der Waals surface area contributed by atoms with E-state index in [1.54, 1.807) is 14.1 Å². The van der Waals surface area contributed by atoms with Gasteiger partial charge in [-0.05, 0) is 150 Å². The number of amidine groups is 2. The zero-order chi connectivity index (χ0) is 60.0. The van der Waals surface area contributed by atoms with Crippen molar-refractivity contribution in [2.24, 2.45) is 21.5 Å². The quantitative estimate of drug-likeness (QED) is 0.0402. The molecule has 0 radical (unpaired) electrons. The fraction of sp³-hybridized carbons (Fsp3) is 0.684. The number of piperidine rings is 2. The number of hydrogen-bond donors (Lipinski definition) is 5. The van der Waals surface area contributed by atoms with Gasteiger partial charge < -0.3 is 27.2 Å². The van der Waals surface area contributed by atoms with E-state index in [2.05, 4.69) is 10.6 Å². The topological polar surface area (TPSA) is 271 Å². The Hall–Kier alpha value is -4.45. The van der Waals surface area contributed by atoms with Crippen molar-refractivity contribution >= 4 is 90.2 Å². The molecule has 6 amide bonds. The fourth-order valence-corrected chi connectivity index (χ4v) is 13.9. The average molecular weight is 1210 g/mol. The van der Waals surface area contributed by atoms with E-state index in [4.69, 9.17) is 49.8 Å². The van der Waals surface area contributed by atoms with E-state index in [1.807, 2.05) is 52.0 Å². The number of hydrogen-bond acceptors (Lipinski definition) is 11. The summed E-state index contributed by atoms with van der Waals surface area (Å²) < 4.78 is 67.9. The number of unbranched alkanes of at least 4 members (excludes halogenated alkanes) is 12. The van der Waals surface area contributed by atoms with Crippen LogP contribution in [0.4, 0.5) is 25.4 Å². The molecule has 4 aliphatic heterocycles. The maximum Gasteiger partial charge on any atom is 0.318 e. The summed E-state index contributed by atoms with van der Waals surface area (Å²) in [4.78, 5) is 60.8. The number of amides is 6. The normalized spacial score (nSPS) is 16.9. The molecule has 4 heterocycles. The molecular formula is C57H91Cl2FN10O9S2. The van der Waals surface area contributed by atoms with Crippen LogP contribution in [0.1, 0.15) is 162 Å². The van der Waals surface area contributed by atoms with Crippen LogP contribution in [0, 0.1) is 27.7 Å². The fourth-order valence-electron chi connectivity index (χ4n) is 11.0. The second kappa shape index (κ2) is 33.1. The number of sulfonamides is 2. The molecule has 2 aromatic rings. The zero-order valence-electron chi connectivity index (χ0n) is 48.7. The van der Waals surface area contributed by atoms with Gasteiger partial charge in [0, 0.05) is 71.1 Å². The Balaban J connectivity index is 0.000000332. The predicted octanol–water partition coefficient (Wildman–Crippen LogP) is 8.73. The van der Waals surface area contributed by atoms with Crippen molar-refractivity contribution in [3.63, 3.8) is 0 Å². The smallest absolute Gasteiger partial charge is 0.318 e. The number of nitrogens with zero attached hydrogens (tertiary/aromatic N) is 6. The Morgan fingerprint density at radius 1 is 0.580 bits per heavy atom. The third kappa shape index (κ3) is 20.4. The van der Waals surface area contributed by atoms with E-state index in [1.165, 1.54) is 18.4 Å². The number of aliphatic hydroxyl groups is 1. The highest BCUT2D eigenvalue weighted by Gasteiger charge is 2.48. The number of anilines is 2. The first-order chi connectivity index (χ1) is 38.4. The summed E-state index contributed by atoms with van der Waals surface area (Å²) in [5.74, 6) is 1.17. The number of carbonyl (C=O) groups excluding carboxylic acids is 4. The number of aliphatic imine (C=N–C) groups is 2. The van der Waals surface area contributed by atoms with Crippen LogP contribution in [0.3, 0.4) is 0 Å². The number of benzene rings is 2. The van der Waals surface area contributed by atoms with Gasteiger partial charge in [0.25, 0.3) is 11.8 Å². The van der Waals surface area contributed by atoms with Crippen LogP contribution < -0.4 is 31.9 Å². The average Bonchev–Trinajstić information content (AvgIpc) is 4.10. The summed E-state index contributed by atoms with van der Waals surface area (Å²) in [6, 6.07) is 6.26. The molecule has 81 heavy (non-hydrogen) atoms. The Bertz CT molecular complexity index is 2490. The van der Waals surface area contributed by atoms with E-state index in [-0.39, 0.29) is 68.1 Å². The molecular weight excluding hydrogens is 1120 g/mol. The highest BCUT2D eigenvalue weighted by atomic mass is 35.5. The third-order valence-electron chi connectivity index (χ3n) is 16.1. The number of nitrogens with one attached hydrogen (secondary N) is 2. The SMILES string of the molecule is Cc1cc(N(C)C(N)=O)cc(C)c1CCS(=O)(=O)N1CCC2(CC1)N=C(CCCCCCCCCF)NC2=O.Cc1cc(N(C)C(N)=O)cc(C)c1CCS(=O)(=O)N1CCC2(CC1)N=C(CCCCCCCCCO)NC2=O.ClCCl. The lowest BCUT2D eigenvalue weighted by Gasteiger charge is -2.34. The Morgan fingerprint density at radius 2 is 0.877 bits per heavy atom. The van der Waals surface area contributed by atoms with Gasteiger partial charge in [-0.3, -0.25) is 33.8 Å². The second-order valence-corrected chi connectivity index (χ2v) is 26.9. The highest BCUT2D eigenvalue weighted by molar-refractivity contribution is 7.89. The molecule has 2 saturated heterocycles. The molecule has 0 aromatic heterocycles. The first-order valence-corrected chi connectivity index (χ1v) is 33.0. The van der Waals surface area contributed by atoms with Gasteiger partial charge in [-0.25, -0.2) is 35.0 Å². The van der Waals surface area contributed by atoms with Gasteiger partial charge >= 0.3 is 12.1 Å². The molecule has 6 rings (SSSR count). The lowest BCUT2D eigenvalue weighted by Crippen LogP contribution is -2.50. The van der Waals surface area contributed by atoms with Crippen molar-refractivity contribution in [3.8, 4) is 0 Å². The van der Waals surface area contributed by atoms with Gasteiger partial charge in [-0.15, -0.1) is 23.2 Å². The minimum atomic E-state index is -3.51. The van der Waals surface area contributed by atoms with Gasteiger partial charge in [0.05, 0.1) is 23.5 Å². The zero-order valence-corrected chi connectivity index (χ0v) is 51.9. The maximum atomic E-state index is 13.2. The molecule has 24 heteroatoms. The number of aryl methyl sites for hydroxylation is 4. The van der Waals surface area contributed by atoms with Crippen LogP contribution >= 0.6 is 23.2 Å². The second-order valence-electron chi connectivity index (χ2n) is 21.9. The van der Waals surface area contributed by atoms with Crippen LogP contribution in [0.5, 0.6) is 0 Å². The summed E-state index contributed by atoms with van der Waals surface area (Å²) >= 11 is 9.53. The Kier molecular flexibility index (Phi) is 28.3. The number of rotatable bonds is 28. The van der Waals surface area contributed by atoms with Crippen LogP contribution in [-0.2, 0) is 42.5 Å². The van der Waals surface area contributed by atoms with Crippen molar-refractivity contribution in [2.75, 3.05) is 80.2 Å². The molecule has 2 fully saturated rings. The largest absolute Gasteiger partial charge is 0.396 e. The molecule has 4 aliphatic rings. The molecule has 0 unspecified atom stereocenters. The van der Waals surface area contributed by atoms with Crippen molar-refractivity contribution < 1.29 is 45.5 Å². The predicted molar refractivity (Wildman–Crippen MR) is 325 cm³/mol. The highest BCUT2D eigenvalue weighted by Crippen LogP contribution is 2.34. The molecule has 0 saturated carbocycles. The van der Waals surface area contributed by atoms with Gasteiger partial charge in [0.15, 0.2) is 0 Å². The van der Waals surface area contributed by atoms with Gasteiger partial charge in [0.2, 0.25) is 20.0 Å². The Labute approximate surface area is 491 Å². The number of halogens is 3. The summed E-state index contributed by atoms with van der Waals surface area (Å²) in [6.07, 6.45) is 18.0. The number of urea groups is 2. The maximum absolute atomic E-state index is 13.2. The van der Waals surface area contributed by atoms with Crippen molar-refractivity contribution in [1.29, 1.82) is 0 Å². The number of nitrogens with two attached hydrogens (primary N) is 2. The van der Waals surface area contributed by atoms with E-state index < -0.39 is 43.2 Å². The van der Waals surface area contributed by atoms with Crippen LogP contribution in [-0.4, -0.2) is 148 Å². The summed E-state index contributed by atoms with van der Waals surface area (Å²) in [6.45, 7) is 8.74. The molecule has 19 nitrogen and oxygen atoms in total. The van der Waals surface area contributed by atoms with Gasteiger partial charge in [-0.1, -0.05) is 64.2 Å². The summed E-state index contributed by atoms with van der Waals surface area (Å²) in [5, 5.41) is 14.9. The summed E-state index contributed by atoms with van der Waals surface area (Å²) in [5.41, 5.74) is 15.9. The monoisotopic (exact) mass is 1210 g/mol. The van der Waals surface area contributed by atoms with Crippen LogP contribution in [0.2, 0.25) is 0 Å². The molecule has 0 aliphatic carbocycles. The number of primary amides is 2. The van der Waals surface area contributed by atoms with E-state index in [9.17, 15) is 40.4 Å². The van der Waals surface area contributed by atoms with Crippen LogP contribution in [0.15, 0.2) is 34.3 Å². The van der Waals surface area contributed by atoms with Crippen molar-refractivity contribution in [1.82, 2.24) is 19.2 Å². The standard InChI is InChI=1S/C28H44FN5O4S.C28H45N5O5S.CH2Cl2/c1-21-19-23(33(3)27(30)36)20-22(2)24(21)12-18-39(37,38)34-16-13-28(14-17-34)26(35)31-25(32-28)11-9-7-5-4-6-8-10-15-29;1-21-19-23(32(3)27(29)36)20-22(2)24(21)12-18-39(37,38)33-15-13-28(14-16-33)26(35)30-25(31-28)11-9-7-5-4-6-8-10-17-34;2-1-3/h19-20H,4-18H2,1-3H3,(H2,30,36)(H,31,32,35);19-20,34H,4-18H2,1-3H3,(H2,29,36)(H,30,31,35);1H2. The van der Waals surface area contributed by atoms with Crippen LogP contribution in [0.25, 0.3) is 0 Å². The van der Waals surface area contributed by atoms with Gasteiger partial charge in [-0.2, -0.15) is 0 Å². The molecule has 2 aromatic carbocycles. The molecule has 456 valence electrons. The minimum absolute atomic E-state index is 0.0204. The molecule has 7 N–H and O–H groups in total. The van der Waals surface area contributed by atoms with Crippen molar-refractivity contribution in [3.05, 3.63) is 57.6 Å². The Morgan fingerprint density at radius 3 is 1.17 bits per heavy atom. The third-order valence-corrected chi connectivity index (χ3v) is 19.8. The van der Waals surface area contributed by atoms with Crippen molar-refractivity contribution in [2.45, 2.75) is 180 Å². The lowest BCUT2D eigenvalue weighted by atomic mass is 9.89. The summed E-state index contributed by atoms with van der Waals surface area (Å²) in [7, 11) is -3.82. The van der Waals surface area contributed by atoms with Gasteiger partial charge in [0.1, 0.15) is 22.7 Å². The number of aliphatic hydroxyl groups excluding tert-OH is 1. The van der Waals surface area contributed by atoms with E-state index in [0.717, 1.165) is 129 Å². The first-order valence-electron chi connectivity index (χ1n) is 28.7. The molecule has 0 bridgehead atoms. The molecule has 0 atom stereocenters. The number of carbonyl (C=O) groups is 4. The lowest BCUT2D eigenvalue weighted by molar-refractivity contribution is -0.125. The van der Waals surface area contributed by atoms with E-state index in [0.29, 0.717) is 68.6 Å². The molecule has 2 spiro atoms.